The second kappa shape index (κ2) is 6.04. The average molecular weight is 310 g/mol. The number of anilines is 1. The van der Waals surface area contributed by atoms with Crippen LogP contribution in [0.3, 0.4) is 0 Å². The Labute approximate surface area is 133 Å². The van der Waals surface area contributed by atoms with Crippen molar-refractivity contribution in [1.29, 1.82) is 0 Å². The van der Waals surface area contributed by atoms with Crippen LogP contribution in [0.2, 0.25) is 0 Å². The lowest BCUT2D eigenvalue weighted by molar-refractivity contribution is 0.102. The van der Waals surface area contributed by atoms with Crippen molar-refractivity contribution in [2.75, 3.05) is 5.32 Å². The molecule has 0 aliphatic rings. The first-order valence-corrected chi connectivity index (χ1v) is 7.42. The molecule has 3 aromatic rings. The zero-order valence-corrected chi connectivity index (χ0v) is 13.3. The number of hydrogen-bond donors (Lipinski definition) is 2. The van der Waals surface area contributed by atoms with Gasteiger partial charge in [-0.05, 0) is 44.5 Å². The Hall–Kier alpha value is -2.96. The standard InChI is InChI=1S/C16H18N6O/c1-4-12-8-14(20-19-12)16(23)18-13-5-6-15(17-9-13)22-11(3)7-10(2)21-22/h5-9H,4H2,1-3H3,(H,18,23)(H,19,20). The van der Waals surface area contributed by atoms with E-state index in [4.69, 9.17) is 0 Å². The molecule has 0 unspecified atom stereocenters. The van der Waals surface area contributed by atoms with E-state index < -0.39 is 0 Å². The number of hydrogen-bond acceptors (Lipinski definition) is 4. The lowest BCUT2D eigenvalue weighted by atomic mass is 10.3. The average Bonchev–Trinajstić information content (AvgIpc) is 3.14. The number of carbonyl (C=O) groups is 1. The molecule has 0 spiro atoms. The van der Waals surface area contributed by atoms with Crippen LogP contribution in [0.4, 0.5) is 5.69 Å². The van der Waals surface area contributed by atoms with Gasteiger partial charge in [-0.25, -0.2) is 9.67 Å². The quantitative estimate of drug-likeness (QED) is 0.774. The first kappa shape index (κ1) is 15.0. The third-order valence-electron chi connectivity index (χ3n) is 3.48. The minimum Gasteiger partial charge on any atom is -0.319 e. The number of aryl methyl sites for hydroxylation is 3. The number of rotatable bonds is 4. The summed E-state index contributed by atoms with van der Waals surface area (Å²) < 4.78 is 1.77. The minimum atomic E-state index is -0.262. The summed E-state index contributed by atoms with van der Waals surface area (Å²) in [6.45, 7) is 5.91. The summed E-state index contributed by atoms with van der Waals surface area (Å²) in [6, 6.07) is 7.34. The van der Waals surface area contributed by atoms with Crippen molar-refractivity contribution in [2.24, 2.45) is 0 Å². The van der Waals surface area contributed by atoms with Gasteiger partial charge in [0.05, 0.1) is 17.6 Å². The van der Waals surface area contributed by atoms with Crippen molar-refractivity contribution >= 4 is 11.6 Å². The van der Waals surface area contributed by atoms with Crippen LogP contribution in [0.5, 0.6) is 0 Å². The van der Waals surface area contributed by atoms with Crippen molar-refractivity contribution in [3.63, 3.8) is 0 Å². The molecule has 118 valence electrons. The number of nitrogens with one attached hydrogen (secondary N) is 2. The third kappa shape index (κ3) is 3.13. The molecular weight excluding hydrogens is 292 g/mol. The summed E-state index contributed by atoms with van der Waals surface area (Å²) in [6.07, 6.45) is 2.41. The molecule has 0 radical (unpaired) electrons. The molecule has 3 heterocycles. The smallest absolute Gasteiger partial charge is 0.276 e. The number of H-pyrrole nitrogens is 1. The normalized spacial score (nSPS) is 10.7. The molecule has 3 rings (SSSR count). The predicted octanol–water partition coefficient (Wildman–Crippen LogP) is 2.42. The van der Waals surface area contributed by atoms with Crippen molar-refractivity contribution in [3.8, 4) is 5.82 Å². The van der Waals surface area contributed by atoms with Crippen LogP contribution in [-0.2, 0) is 6.42 Å². The number of carbonyl (C=O) groups excluding carboxylic acids is 1. The van der Waals surface area contributed by atoms with Gasteiger partial charge >= 0.3 is 0 Å². The van der Waals surface area contributed by atoms with Gasteiger partial charge in [-0.1, -0.05) is 6.92 Å². The number of aromatic nitrogens is 5. The maximum absolute atomic E-state index is 12.1. The van der Waals surface area contributed by atoms with E-state index in [2.05, 4.69) is 25.6 Å². The van der Waals surface area contributed by atoms with Gasteiger partial charge in [-0.3, -0.25) is 9.89 Å². The summed E-state index contributed by atoms with van der Waals surface area (Å²) in [5, 5.41) is 14.0. The van der Waals surface area contributed by atoms with E-state index in [1.807, 2.05) is 32.9 Å². The Kier molecular flexibility index (Phi) is 3.92. The zero-order chi connectivity index (χ0) is 16.4. The first-order chi connectivity index (χ1) is 11.1. The van der Waals surface area contributed by atoms with Crippen LogP contribution in [0.15, 0.2) is 30.5 Å². The summed E-state index contributed by atoms with van der Waals surface area (Å²) in [7, 11) is 0. The minimum absolute atomic E-state index is 0.262. The van der Waals surface area contributed by atoms with Crippen LogP contribution >= 0.6 is 0 Å². The Bertz CT molecular complexity index is 831. The summed E-state index contributed by atoms with van der Waals surface area (Å²) >= 11 is 0. The van der Waals surface area contributed by atoms with Crippen LogP contribution < -0.4 is 5.32 Å². The Morgan fingerprint density at radius 2 is 2.13 bits per heavy atom. The second-order valence-corrected chi connectivity index (χ2v) is 5.33. The van der Waals surface area contributed by atoms with Crippen LogP contribution in [0, 0.1) is 13.8 Å². The fourth-order valence-corrected chi connectivity index (χ4v) is 2.30. The molecule has 0 aromatic carbocycles. The molecule has 0 saturated heterocycles. The summed E-state index contributed by atoms with van der Waals surface area (Å²) in [5.41, 5.74) is 3.85. The monoisotopic (exact) mass is 310 g/mol. The van der Waals surface area contributed by atoms with Gasteiger partial charge in [-0.2, -0.15) is 10.2 Å². The number of amides is 1. The highest BCUT2D eigenvalue weighted by molar-refractivity contribution is 6.02. The van der Waals surface area contributed by atoms with Crippen LogP contribution in [0.25, 0.3) is 5.82 Å². The number of nitrogens with zero attached hydrogens (tertiary/aromatic N) is 4. The number of pyridine rings is 1. The van der Waals surface area contributed by atoms with Gasteiger partial charge in [0.2, 0.25) is 0 Å². The van der Waals surface area contributed by atoms with Gasteiger partial charge < -0.3 is 5.32 Å². The van der Waals surface area contributed by atoms with Crippen molar-refractivity contribution in [1.82, 2.24) is 25.0 Å². The van der Waals surface area contributed by atoms with Gasteiger partial charge in [0.25, 0.3) is 5.91 Å². The molecule has 0 aliphatic carbocycles. The molecule has 0 aliphatic heterocycles. The van der Waals surface area contributed by atoms with Gasteiger partial charge in [-0.15, -0.1) is 0 Å². The topological polar surface area (TPSA) is 88.5 Å². The lowest BCUT2D eigenvalue weighted by Gasteiger charge is -2.06. The molecule has 1 amide bonds. The SMILES string of the molecule is CCc1cc(C(=O)Nc2ccc(-n3nc(C)cc3C)nc2)n[nH]1. The highest BCUT2D eigenvalue weighted by Gasteiger charge is 2.11. The maximum Gasteiger partial charge on any atom is 0.276 e. The molecule has 7 nitrogen and oxygen atoms in total. The van der Waals surface area contributed by atoms with Crippen LogP contribution in [-0.4, -0.2) is 30.9 Å². The van der Waals surface area contributed by atoms with E-state index >= 15 is 0 Å². The molecule has 3 aromatic heterocycles. The third-order valence-corrected chi connectivity index (χ3v) is 3.48. The lowest BCUT2D eigenvalue weighted by Crippen LogP contribution is -2.13. The fourth-order valence-electron chi connectivity index (χ4n) is 2.30. The molecule has 23 heavy (non-hydrogen) atoms. The van der Waals surface area contributed by atoms with Gasteiger partial charge in [0, 0.05) is 11.4 Å². The van der Waals surface area contributed by atoms with E-state index in [-0.39, 0.29) is 5.91 Å². The van der Waals surface area contributed by atoms with Gasteiger partial charge in [0.1, 0.15) is 0 Å². The largest absolute Gasteiger partial charge is 0.319 e. The maximum atomic E-state index is 12.1. The molecule has 0 atom stereocenters. The summed E-state index contributed by atoms with van der Waals surface area (Å²) in [4.78, 5) is 16.5. The molecular formula is C16H18N6O. The van der Waals surface area contributed by atoms with Gasteiger partial charge in [0.15, 0.2) is 11.5 Å². The molecule has 0 bridgehead atoms. The Balaban J connectivity index is 1.74. The van der Waals surface area contributed by atoms with Crippen molar-refractivity contribution in [3.05, 3.63) is 53.2 Å². The molecule has 0 saturated carbocycles. The zero-order valence-electron chi connectivity index (χ0n) is 13.3. The summed E-state index contributed by atoms with van der Waals surface area (Å²) in [5.74, 6) is 0.447. The first-order valence-electron chi connectivity index (χ1n) is 7.42. The predicted molar refractivity (Wildman–Crippen MR) is 86.8 cm³/mol. The fraction of sp³-hybridized carbons (Fsp3) is 0.250. The second-order valence-electron chi connectivity index (χ2n) is 5.33. The van der Waals surface area contributed by atoms with E-state index in [1.54, 1.807) is 23.0 Å². The van der Waals surface area contributed by atoms with Crippen LogP contribution in [0.1, 0.15) is 34.5 Å². The molecule has 0 fully saturated rings. The Morgan fingerprint density at radius 1 is 1.30 bits per heavy atom. The van der Waals surface area contributed by atoms with E-state index in [9.17, 15) is 4.79 Å². The highest BCUT2D eigenvalue weighted by Crippen LogP contribution is 2.13. The number of aromatic amines is 1. The Morgan fingerprint density at radius 3 is 2.70 bits per heavy atom. The highest BCUT2D eigenvalue weighted by atomic mass is 16.1. The van der Waals surface area contributed by atoms with E-state index in [0.29, 0.717) is 17.2 Å². The van der Waals surface area contributed by atoms with E-state index in [1.165, 1.54) is 0 Å². The van der Waals surface area contributed by atoms with E-state index in [0.717, 1.165) is 23.5 Å². The molecule has 7 heteroatoms. The van der Waals surface area contributed by atoms with Crippen molar-refractivity contribution < 1.29 is 4.79 Å². The van der Waals surface area contributed by atoms with Crippen molar-refractivity contribution in [2.45, 2.75) is 27.2 Å². The molecule has 2 N–H and O–H groups in total.